The van der Waals surface area contributed by atoms with E-state index in [1.165, 1.54) is 0 Å². The third kappa shape index (κ3) is 3.93. The van der Waals surface area contributed by atoms with Crippen LogP contribution in [0.4, 0.5) is 4.79 Å². The Morgan fingerprint density at radius 3 is 2.65 bits per heavy atom. The van der Waals surface area contributed by atoms with Crippen LogP contribution in [0.25, 0.3) is 16.9 Å². The van der Waals surface area contributed by atoms with E-state index in [9.17, 15) is 4.79 Å². The molecule has 3 rings (SSSR count). The SMILES string of the molecule is COc1ccc2nc(-c3ccccc3)c(CNC(=O)OCC(C)C)n2n1. The van der Waals surface area contributed by atoms with E-state index in [1.807, 2.05) is 50.2 Å². The normalized spacial score (nSPS) is 10.9. The number of rotatable bonds is 6. The van der Waals surface area contributed by atoms with Gasteiger partial charge < -0.3 is 14.8 Å². The van der Waals surface area contributed by atoms with Crippen molar-refractivity contribution >= 4 is 11.7 Å². The van der Waals surface area contributed by atoms with Crippen LogP contribution >= 0.6 is 0 Å². The summed E-state index contributed by atoms with van der Waals surface area (Å²) in [5, 5.41) is 7.21. The fraction of sp³-hybridized carbons (Fsp3) is 0.316. The summed E-state index contributed by atoms with van der Waals surface area (Å²) in [6, 6.07) is 13.4. The highest BCUT2D eigenvalue weighted by molar-refractivity contribution is 5.69. The number of nitrogens with zero attached hydrogens (tertiary/aromatic N) is 3. The molecule has 0 aliphatic carbocycles. The number of aromatic nitrogens is 3. The van der Waals surface area contributed by atoms with E-state index >= 15 is 0 Å². The molecule has 7 heteroatoms. The van der Waals surface area contributed by atoms with Gasteiger partial charge in [0.25, 0.3) is 0 Å². The Bertz CT molecular complexity index is 890. The number of alkyl carbamates (subject to hydrolysis) is 1. The molecule has 0 aliphatic heterocycles. The van der Waals surface area contributed by atoms with Crippen molar-refractivity contribution in [1.29, 1.82) is 0 Å². The molecular weight excluding hydrogens is 332 g/mol. The highest BCUT2D eigenvalue weighted by Crippen LogP contribution is 2.24. The summed E-state index contributed by atoms with van der Waals surface area (Å²) in [6.07, 6.45) is -0.462. The molecule has 2 aromatic heterocycles. The Kier molecular flexibility index (Phi) is 5.36. The van der Waals surface area contributed by atoms with Gasteiger partial charge in [-0.15, -0.1) is 5.10 Å². The minimum atomic E-state index is -0.462. The molecule has 0 radical (unpaired) electrons. The molecule has 1 amide bonds. The first kappa shape index (κ1) is 17.7. The number of amides is 1. The van der Waals surface area contributed by atoms with Gasteiger partial charge in [-0.25, -0.2) is 14.3 Å². The number of imidazole rings is 1. The van der Waals surface area contributed by atoms with E-state index in [1.54, 1.807) is 17.7 Å². The highest BCUT2D eigenvalue weighted by Gasteiger charge is 2.17. The van der Waals surface area contributed by atoms with E-state index in [0.717, 1.165) is 17.0 Å². The second kappa shape index (κ2) is 7.86. The lowest BCUT2D eigenvalue weighted by atomic mass is 10.1. The molecule has 1 N–H and O–H groups in total. The molecule has 1 aromatic carbocycles. The quantitative estimate of drug-likeness (QED) is 0.735. The van der Waals surface area contributed by atoms with Crippen LogP contribution in [0.3, 0.4) is 0 Å². The predicted octanol–water partition coefficient (Wildman–Crippen LogP) is 3.29. The van der Waals surface area contributed by atoms with Crippen molar-refractivity contribution in [1.82, 2.24) is 19.9 Å². The molecule has 0 saturated heterocycles. The second-order valence-corrected chi connectivity index (χ2v) is 6.26. The van der Waals surface area contributed by atoms with Crippen LogP contribution in [-0.4, -0.2) is 34.4 Å². The van der Waals surface area contributed by atoms with Gasteiger partial charge in [0.05, 0.1) is 31.6 Å². The number of fused-ring (bicyclic) bond motifs is 1. The highest BCUT2D eigenvalue weighted by atomic mass is 16.5. The van der Waals surface area contributed by atoms with E-state index in [2.05, 4.69) is 15.4 Å². The van der Waals surface area contributed by atoms with Crippen LogP contribution < -0.4 is 10.1 Å². The van der Waals surface area contributed by atoms with Gasteiger partial charge in [-0.3, -0.25) is 0 Å². The molecule has 2 heterocycles. The van der Waals surface area contributed by atoms with Crippen molar-refractivity contribution in [2.45, 2.75) is 20.4 Å². The summed E-state index contributed by atoms with van der Waals surface area (Å²) >= 11 is 0. The topological polar surface area (TPSA) is 77.8 Å². The largest absolute Gasteiger partial charge is 0.480 e. The van der Waals surface area contributed by atoms with Gasteiger partial charge in [-0.2, -0.15) is 0 Å². The van der Waals surface area contributed by atoms with Crippen LogP contribution in [0.2, 0.25) is 0 Å². The van der Waals surface area contributed by atoms with E-state index in [0.29, 0.717) is 18.1 Å². The first-order valence-electron chi connectivity index (χ1n) is 8.47. The number of benzene rings is 1. The predicted molar refractivity (Wildman–Crippen MR) is 98.0 cm³/mol. The fourth-order valence-corrected chi connectivity index (χ4v) is 2.51. The van der Waals surface area contributed by atoms with Crippen LogP contribution in [0, 0.1) is 5.92 Å². The molecule has 0 spiro atoms. The lowest BCUT2D eigenvalue weighted by Crippen LogP contribution is -2.26. The minimum Gasteiger partial charge on any atom is -0.480 e. The van der Waals surface area contributed by atoms with Gasteiger partial charge in [-0.05, 0) is 12.0 Å². The summed E-state index contributed by atoms with van der Waals surface area (Å²) in [5.74, 6) is 0.750. The molecule has 0 fully saturated rings. The van der Waals surface area contributed by atoms with Crippen molar-refractivity contribution in [3.8, 4) is 17.1 Å². The van der Waals surface area contributed by atoms with E-state index in [4.69, 9.17) is 9.47 Å². The molecular formula is C19H22N4O3. The Morgan fingerprint density at radius 2 is 1.96 bits per heavy atom. The summed E-state index contributed by atoms with van der Waals surface area (Å²) < 4.78 is 12.1. The Hall–Kier alpha value is -3.09. The number of hydrogen-bond donors (Lipinski definition) is 1. The number of ether oxygens (including phenoxy) is 2. The summed E-state index contributed by atoms with van der Waals surface area (Å²) in [5.41, 5.74) is 3.14. The zero-order valence-corrected chi connectivity index (χ0v) is 15.1. The minimum absolute atomic E-state index is 0.239. The number of nitrogens with one attached hydrogen (secondary N) is 1. The summed E-state index contributed by atoms with van der Waals surface area (Å²) in [6.45, 7) is 4.59. The molecule has 0 bridgehead atoms. The third-order valence-electron chi connectivity index (χ3n) is 3.75. The average Bonchev–Trinajstić information content (AvgIpc) is 3.03. The molecule has 0 saturated carbocycles. The molecule has 0 aliphatic rings. The van der Waals surface area contributed by atoms with Crippen LogP contribution in [0.1, 0.15) is 19.5 Å². The Labute approximate surface area is 152 Å². The van der Waals surface area contributed by atoms with Gasteiger partial charge in [0.2, 0.25) is 5.88 Å². The number of carbonyl (C=O) groups is 1. The maximum atomic E-state index is 11.9. The first-order valence-corrected chi connectivity index (χ1v) is 8.47. The molecule has 7 nitrogen and oxygen atoms in total. The van der Waals surface area contributed by atoms with Gasteiger partial charge >= 0.3 is 6.09 Å². The van der Waals surface area contributed by atoms with Gasteiger partial charge in [-0.1, -0.05) is 44.2 Å². The second-order valence-electron chi connectivity index (χ2n) is 6.26. The van der Waals surface area contributed by atoms with Crippen LogP contribution in [0.5, 0.6) is 5.88 Å². The van der Waals surface area contributed by atoms with Gasteiger partial charge in [0.15, 0.2) is 5.65 Å². The molecule has 136 valence electrons. The van der Waals surface area contributed by atoms with Crippen molar-refractivity contribution in [3.63, 3.8) is 0 Å². The number of hydrogen-bond acceptors (Lipinski definition) is 5. The Morgan fingerprint density at radius 1 is 1.19 bits per heavy atom. The smallest absolute Gasteiger partial charge is 0.407 e. The van der Waals surface area contributed by atoms with E-state index in [-0.39, 0.29) is 12.5 Å². The fourth-order valence-electron chi connectivity index (χ4n) is 2.51. The summed E-state index contributed by atoms with van der Waals surface area (Å²) in [7, 11) is 1.56. The molecule has 0 atom stereocenters. The van der Waals surface area contributed by atoms with Crippen molar-refractivity contribution in [2.75, 3.05) is 13.7 Å². The standard InChI is InChI=1S/C19H22N4O3/c1-13(2)12-26-19(24)20-11-15-18(14-7-5-4-6-8-14)21-16-9-10-17(25-3)22-23(15)16/h4-10,13H,11-12H2,1-3H3,(H,20,24). The average molecular weight is 354 g/mol. The first-order chi connectivity index (χ1) is 12.6. The van der Waals surface area contributed by atoms with Gasteiger partial charge in [0, 0.05) is 11.6 Å². The number of methoxy groups -OCH3 is 1. The monoisotopic (exact) mass is 354 g/mol. The zero-order valence-electron chi connectivity index (χ0n) is 15.1. The van der Waals surface area contributed by atoms with E-state index < -0.39 is 6.09 Å². The van der Waals surface area contributed by atoms with Crippen molar-refractivity contribution < 1.29 is 14.3 Å². The Balaban J connectivity index is 1.93. The van der Waals surface area contributed by atoms with Crippen LogP contribution in [0.15, 0.2) is 42.5 Å². The summed E-state index contributed by atoms with van der Waals surface area (Å²) in [4.78, 5) is 16.6. The number of carbonyl (C=O) groups excluding carboxylic acids is 1. The molecule has 0 unspecified atom stereocenters. The molecule has 3 aromatic rings. The maximum absolute atomic E-state index is 11.9. The third-order valence-corrected chi connectivity index (χ3v) is 3.75. The van der Waals surface area contributed by atoms with Crippen molar-refractivity contribution in [3.05, 3.63) is 48.2 Å². The zero-order chi connectivity index (χ0) is 18.5. The lowest BCUT2D eigenvalue weighted by molar-refractivity contribution is 0.132. The van der Waals surface area contributed by atoms with Crippen LogP contribution in [-0.2, 0) is 11.3 Å². The lowest BCUT2D eigenvalue weighted by Gasteiger charge is -2.10. The van der Waals surface area contributed by atoms with Crippen molar-refractivity contribution in [2.24, 2.45) is 5.92 Å². The molecule has 26 heavy (non-hydrogen) atoms. The maximum Gasteiger partial charge on any atom is 0.407 e. The van der Waals surface area contributed by atoms with Gasteiger partial charge in [0.1, 0.15) is 0 Å².